The van der Waals surface area contributed by atoms with Crippen LogP contribution < -0.4 is 0 Å². The second-order valence-corrected chi connectivity index (χ2v) is 4.34. The van der Waals surface area contributed by atoms with E-state index < -0.39 is 11.9 Å². The van der Waals surface area contributed by atoms with Crippen molar-refractivity contribution < 1.29 is 19.8 Å². The van der Waals surface area contributed by atoms with Crippen LogP contribution in [0.2, 0.25) is 0 Å². The highest BCUT2D eigenvalue weighted by molar-refractivity contribution is 5.67. The Labute approximate surface area is 96.1 Å². The maximum atomic E-state index is 10.5. The first-order valence-electron chi connectivity index (χ1n) is 5.57. The minimum Gasteiger partial charge on any atom is -0.481 e. The van der Waals surface area contributed by atoms with Crippen LogP contribution in [-0.4, -0.2) is 46.7 Å². The molecule has 16 heavy (non-hydrogen) atoms. The third-order valence-corrected chi connectivity index (χ3v) is 2.13. The van der Waals surface area contributed by atoms with Crippen molar-refractivity contribution in [2.24, 2.45) is 5.92 Å². The van der Waals surface area contributed by atoms with E-state index in [9.17, 15) is 9.59 Å². The van der Waals surface area contributed by atoms with Gasteiger partial charge in [-0.3, -0.25) is 9.59 Å². The second kappa shape index (κ2) is 8.10. The van der Waals surface area contributed by atoms with Gasteiger partial charge in [-0.15, -0.1) is 0 Å². The van der Waals surface area contributed by atoms with Gasteiger partial charge in [0.2, 0.25) is 0 Å². The maximum Gasteiger partial charge on any atom is 0.304 e. The first-order valence-corrected chi connectivity index (χ1v) is 5.57. The van der Waals surface area contributed by atoms with Crippen molar-refractivity contribution in [3.63, 3.8) is 0 Å². The molecule has 0 saturated heterocycles. The molecule has 0 amide bonds. The van der Waals surface area contributed by atoms with Crippen LogP contribution in [0.3, 0.4) is 0 Å². The summed E-state index contributed by atoms with van der Waals surface area (Å²) in [6.07, 6.45) is 0.823. The molecule has 0 aromatic heterocycles. The Bertz CT molecular complexity index is 228. The molecule has 0 atom stereocenters. The summed E-state index contributed by atoms with van der Waals surface area (Å²) in [5.41, 5.74) is 0. The van der Waals surface area contributed by atoms with Gasteiger partial charge in [-0.05, 0) is 18.9 Å². The molecular weight excluding hydrogens is 210 g/mol. The summed E-state index contributed by atoms with van der Waals surface area (Å²) in [7, 11) is 0. The Hall–Kier alpha value is -1.10. The van der Waals surface area contributed by atoms with Gasteiger partial charge in [-0.2, -0.15) is 0 Å². The molecule has 94 valence electrons. The number of aliphatic carboxylic acids is 2. The van der Waals surface area contributed by atoms with E-state index in [4.69, 9.17) is 10.2 Å². The van der Waals surface area contributed by atoms with Crippen LogP contribution in [0.5, 0.6) is 0 Å². The number of rotatable bonds is 9. The summed E-state index contributed by atoms with van der Waals surface area (Å²) in [6.45, 7) is 6.08. The smallest absolute Gasteiger partial charge is 0.304 e. The molecule has 0 aromatic rings. The predicted molar refractivity (Wildman–Crippen MR) is 60.4 cm³/mol. The number of carboxylic acids is 2. The zero-order valence-electron chi connectivity index (χ0n) is 9.98. The van der Waals surface area contributed by atoms with Gasteiger partial charge in [0.15, 0.2) is 0 Å². The van der Waals surface area contributed by atoms with Gasteiger partial charge in [0, 0.05) is 19.5 Å². The third kappa shape index (κ3) is 9.45. The average molecular weight is 231 g/mol. The molecular formula is C11H21NO4. The van der Waals surface area contributed by atoms with Crippen LogP contribution >= 0.6 is 0 Å². The van der Waals surface area contributed by atoms with Crippen molar-refractivity contribution in [3.05, 3.63) is 0 Å². The van der Waals surface area contributed by atoms with E-state index in [0.29, 0.717) is 25.4 Å². The Morgan fingerprint density at radius 3 is 2.06 bits per heavy atom. The lowest BCUT2D eigenvalue weighted by Gasteiger charge is -2.23. The van der Waals surface area contributed by atoms with Gasteiger partial charge in [-0.25, -0.2) is 0 Å². The molecule has 0 rings (SSSR count). The van der Waals surface area contributed by atoms with Crippen molar-refractivity contribution in [2.45, 2.75) is 33.1 Å². The van der Waals surface area contributed by atoms with E-state index in [0.717, 1.165) is 6.54 Å². The summed E-state index contributed by atoms with van der Waals surface area (Å²) in [5.74, 6) is -1.16. The molecule has 0 radical (unpaired) electrons. The quantitative estimate of drug-likeness (QED) is 0.625. The third-order valence-electron chi connectivity index (χ3n) is 2.13. The number of hydrogen-bond donors (Lipinski definition) is 2. The van der Waals surface area contributed by atoms with E-state index in [1.165, 1.54) is 0 Å². The van der Waals surface area contributed by atoms with E-state index >= 15 is 0 Å². The maximum absolute atomic E-state index is 10.5. The van der Waals surface area contributed by atoms with Gasteiger partial charge < -0.3 is 15.1 Å². The number of nitrogens with zero attached hydrogens (tertiary/aromatic N) is 1. The highest BCUT2D eigenvalue weighted by Gasteiger charge is 2.09. The molecule has 5 heteroatoms. The highest BCUT2D eigenvalue weighted by Crippen LogP contribution is 2.03. The lowest BCUT2D eigenvalue weighted by Crippen LogP contribution is -2.31. The average Bonchev–Trinajstić information content (AvgIpc) is 2.12. The van der Waals surface area contributed by atoms with Crippen molar-refractivity contribution in [2.75, 3.05) is 19.6 Å². The molecule has 0 fully saturated rings. The summed E-state index contributed by atoms with van der Waals surface area (Å²) >= 11 is 0. The molecule has 0 aliphatic carbocycles. The zero-order chi connectivity index (χ0) is 12.6. The topological polar surface area (TPSA) is 77.8 Å². The van der Waals surface area contributed by atoms with E-state index in [1.807, 2.05) is 4.90 Å². The van der Waals surface area contributed by atoms with Crippen LogP contribution in [0.15, 0.2) is 0 Å². The summed E-state index contributed by atoms with van der Waals surface area (Å²) in [6, 6.07) is 0. The molecule has 0 aromatic carbocycles. The Morgan fingerprint density at radius 2 is 1.62 bits per heavy atom. The normalized spacial score (nSPS) is 11.0. The number of hydrogen-bond acceptors (Lipinski definition) is 3. The van der Waals surface area contributed by atoms with Crippen LogP contribution in [0.1, 0.15) is 33.1 Å². The Kier molecular flexibility index (Phi) is 7.54. The fourth-order valence-electron chi connectivity index (χ4n) is 1.52. The van der Waals surface area contributed by atoms with Crippen molar-refractivity contribution in [1.29, 1.82) is 0 Å². The first-order chi connectivity index (χ1) is 7.41. The molecule has 0 unspecified atom stereocenters. The SMILES string of the molecule is CC(C)CN(CCCC(=O)O)CCC(=O)O. The van der Waals surface area contributed by atoms with Gasteiger partial charge in [-0.1, -0.05) is 13.8 Å². The molecule has 5 nitrogen and oxygen atoms in total. The van der Waals surface area contributed by atoms with E-state index in [-0.39, 0.29) is 12.8 Å². The van der Waals surface area contributed by atoms with Crippen molar-refractivity contribution in [3.8, 4) is 0 Å². The van der Waals surface area contributed by atoms with Crippen LogP contribution in [0.4, 0.5) is 0 Å². The Morgan fingerprint density at radius 1 is 1.06 bits per heavy atom. The summed E-state index contributed by atoms with van der Waals surface area (Å²) in [5, 5.41) is 17.1. The summed E-state index contributed by atoms with van der Waals surface area (Å²) in [4.78, 5) is 22.8. The number of carboxylic acid groups (broad SMARTS) is 2. The molecule has 0 aliphatic heterocycles. The molecule has 0 saturated carbocycles. The van der Waals surface area contributed by atoms with E-state index in [1.54, 1.807) is 0 Å². The lowest BCUT2D eigenvalue weighted by atomic mass is 10.2. The van der Waals surface area contributed by atoms with Gasteiger partial charge in [0.25, 0.3) is 0 Å². The fourth-order valence-corrected chi connectivity index (χ4v) is 1.52. The van der Waals surface area contributed by atoms with Crippen molar-refractivity contribution >= 4 is 11.9 Å². The number of carbonyl (C=O) groups is 2. The minimum absolute atomic E-state index is 0.111. The van der Waals surface area contributed by atoms with Crippen molar-refractivity contribution in [1.82, 2.24) is 4.90 Å². The molecule has 0 heterocycles. The molecule has 0 aliphatic rings. The Balaban J connectivity index is 3.89. The largest absolute Gasteiger partial charge is 0.481 e. The molecule has 0 spiro atoms. The fraction of sp³-hybridized carbons (Fsp3) is 0.818. The molecule has 0 bridgehead atoms. The lowest BCUT2D eigenvalue weighted by molar-refractivity contribution is -0.138. The standard InChI is InChI=1S/C11H21NO4/c1-9(2)8-12(7-5-11(15)16)6-3-4-10(13)14/h9H,3-8H2,1-2H3,(H,13,14)(H,15,16). The van der Waals surface area contributed by atoms with Crippen LogP contribution in [-0.2, 0) is 9.59 Å². The predicted octanol–water partition coefficient (Wildman–Crippen LogP) is 1.28. The van der Waals surface area contributed by atoms with Gasteiger partial charge in [0.05, 0.1) is 6.42 Å². The summed E-state index contributed by atoms with van der Waals surface area (Å²) < 4.78 is 0. The minimum atomic E-state index is -0.813. The highest BCUT2D eigenvalue weighted by atomic mass is 16.4. The van der Waals surface area contributed by atoms with E-state index in [2.05, 4.69) is 13.8 Å². The second-order valence-electron chi connectivity index (χ2n) is 4.34. The van der Waals surface area contributed by atoms with Crippen LogP contribution in [0, 0.1) is 5.92 Å². The van der Waals surface area contributed by atoms with Gasteiger partial charge >= 0.3 is 11.9 Å². The molecule has 2 N–H and O–H groups in total. The monoisotopic (exact) mass is 231 g/mol. The zero-order valence-corrected chi connectivity index (χ0v) is 9.98. The van der Waals surface area contributed by atoms with Gasteiger partial charge in [0.1, 0.15) is 0 Å². The van der Waals surface area contributed by atoms with Crippen LogP contribution in [0.25, 0.3) is 0 Å². The first kappa shape index (κ1) is 14.9.